The van der Waals surface area contributed by atoms with Gasteiger partial charge >= 0.3 is 5.97 Å². The fourth-order valence-corrected chi connectivity index (χ4v) is 1.54. The van der Waals surface area contributed by atoms with Crippen molar-refractivity contribution in [2.75, 3.05) is 6.61 Å². The predicted octanol–water partition coefficient (Wildman–Crippen LogP) is 0.798. The summed E-state index contributed by atoms with van der Waals surface area (Å²) >= 11 is 0. The molecule has 2 atom stereocenters. The van der Waals surface area contributed by atoms with E-state index < -0.39 is 23.0 Å². The summed E-state index contributed by atoms with van der Waals surface area (Å²) < 4.78 is 4.58. The number of carbonyl (C=O) groups excluding carboxylic acids is 1. The van der Waals surface area contributed by atoms with E-state index in [2.05, 4.69) is 4.74 Å². The Morgan fingerprint density at radius 3 is 2.56 bits per heavy atom. The number of ether oxygens (including phenoxy) is 1. The Morgan fingerprint density at radius 2 is 2.06 bits per heavy atom. The molecule has 1 aromatic rings. The van der Waals surface area contributed by atoms with Gasteiger partial charge in [-0.15, -0.1) is 0 Å². The van der Waals surface area contributed by atoms with Crippen LogP contribution in [0.2, 0.25) is 0 Å². The maximum absolute atomic E-state index is 11.3. The number of benzene rings is 1. The van der Waals surface area contributed by atoms with Crippen LogP contribution >= 0.6 is 0 Å². The van der Waals surface area contributed by atoms with Crippen LogP contribution in [0.15, 0.2) is 30.3 Å². The molecule has 0 spiro atoms. The van der Waals surface area contributed by atoms with Gasteiger partial charge in [0.25, 0.3) is 6.04 Å². The van der Waals surface area contributed by atoms with Crippen LogP contribution in [0.4, 0.5) is 0 Å². The third-order valence-electron chi connectivity index (χ3n) is 2.45. The zero-order valence-corrected chi connectivity index (χ0v) is 9.98. The van der Waals surface area contributed by atoms with E-state index in [0.717, 1.165) is 0 Å². The van der Waals surface area contributed by atoms with Gasteiger partial charge in [-0.1, -0.05) is 30.3 Å². The number of carbonyl (C=O) groups is 1. The van der Waals surface area contributed by atoms with Gasteiger partial charge in [0.15, 0.2) is 0 Å². The highest BCUT2D eigenvalue weighted by molar-refractivity contribution is 5.75. The van der Waals surface area contributed by atoms with Crippen molar-refractivity contribution >= 4 is 5.97 Å². The van der Waals surface area contributed by atoms with Gasteiger partial charge in [0.05, 0.1) is 6.61 Å². The molecule has 98 valence electrons. The van der Waals surface area contributed by atoms with E-state index >= 15 is 0 Å². The van der Waals surface area contributed by atoms with Crippen molar-refractivity contribution in [2.24, 2.45) is 0 Å². The molecule has 0 aromatic heterocycles. The minimum Gasteiger partial charge on any atom is -0.464 e. The third kappa shape index (κ3) is 3.81. The molecule has 1 rings (SSSR count). The molecule has 0 amide bonds. The summed E-state index contributed by atoms with van der Waals surface area (Å²) in [5.41, 5.74) is 0.683. The largest absolute Gasteiger partial charge is 0.464 e. The van der Waals surface area contributed by atoms with E-state index in [9.17, 15) is 20.0 Å². The molecule has 1 aromatic carbocycles. The van der Waals surface area contributed by atoms with Crippen molar-refractivity contribution in [3.05, 3.63) is 46.0 Å². The van der Waals surface area contributed by atoms with Crippen LogP contribution in [-0.2, 0) is 16.0 Å². The molecule has 2 unspecified atom stereocenters. The molecule has 6 heteroatoms. The highest BCUT2D eigenvalue weighted by Crippen LogP contribution is 2.10. The number of nitrogens with zero attached hydrogens (tertiary/aromatic N) is 1. The number of hydrogen-bond acceptors (Lipinski definition) is 5. The molecule has 0 aliphatic carbocycles. The number of hydrogen-bond donors (Lipinski definition) is 1. The number of aliphatic hydroxyl groups excluding tert-OH is 1. The molecule has 18 heavy (non-hydrogen) atoms. The topological polar surface area (TPSA) is 89.7 Å². The molecular formula is C12H15NO5. The van der Waals surface area contributed by atoms with Crippen molar-refractivity contribution in [2.45, 2.75) is 25.5 Å². The first-order valence-electron chi connectivity index (χ1n) is 5.58. The molecular weight excluding hydrogens is 238 g/mol. The summed E-state index contributed by atoms with van der Waals surface area (Å²) in [6.07, 6.45) is -1.77. The van der Waals surface area contributed by atoms with Crippen LogP contribution in [0.3, 0.4) is 0 Å². The molecule has 1 N–H and O–H groups in total. The number of aliphatic hydroxyl groups is 1. The second-order valence-electron chi connectivity index (χ2n) is 3.74. The van der Waals surface area contributed by atoms with Crippen molar-refractivity contribution in [1.29, 1.82) is 0 Å². The first-order chi connectivity index (χ1) is 8.56. The smallest absolute Gasteiger partial charge is 0.342 e. The van der Waals surface area contributed by atoms with E-state index in [4.69, 9.17) is 0 Å². The molecule has 0 radical (unpaired) electrons. The van der Waals surface area contributed by atoms with E-state index in [1.54, 1.807) is 37.3 Å². The van der Waals surface area contributed by atoms with Gasteiger partial charge in [0, 0.05) is 11.3 Å². The molecule has 0 saturated carbocycles. The highest BCUT2D eigenvalue weighted by Gasteiger charge is 2.36. The molecule has 0 aliphatic heterocycles. The van der Waals surface area contributed by atoms with Crippen LogP contribution < -0.4 is 0 Å². The molecule has 0 heterocycles. The van der Waals surface area contributed by atoms with Crippen molar-refractivity contribution in [3.63, 3.8) is 0 Å². The molecule has 0 bridgehead atoms. The summed E-state index contributed by atoms with van der Waals surface area (Å²) in [5.74, 6) is -0.963. The third-order valence-corrected chi connectivity index (χ3v) is 2.45. The average molecular weight is 253 g/mol. The molecule has 0 fully saturated rings. The Bertz CT molecular complexity index is 406. The monoisotopic (exact) mass is 253 g/mol. The zero-order valence-electron chi connectivity index (χ0n) is 9.98. The highest BCUT2D eigenvalue weighted by atomic mass is 16.6. The summed E-state index contributed by atoms with van der Waals surface area (Å²) in [6, 6.07) is 7.27. The van der Waals surface area contributed by atoms with Gasteiger partial charge in [-0.2, -0.15) is 0 Å². The van der Waals surface area contributed by atoms with Gasteiger partial charge in [-0.25, -0.2) is 4.79 Å². The van der Waals surface area contributed by atoms with Crippen LogP contribution in [0.25, 0.3) is 0 Å². The average Bonchev–Trinajstić information content (AvgIpc) is 2.36. The van der Waals surface area contributed by atoms with Gasteiger partial charge in [0.2, 0.25) is 6.10 Å². The number of esters is 1. The van der Waals surface area contributed by atoms with Gasteiger partial charge in [-0.3, -0.25) is 10.1 Å². The first-order valence-corrected chi connectivity index (χ1v) is 5.58. The molecule has 0 saturated heterocycles. The Hall–Kier alpha value is -1.95. The maximum atomic E-state index is 11.3. The minimum atomic E-state index is -1.75. The fourth-order valence-electron chi connectivity index (χ4n) is 1.54. The fraction of sp³-hybridized carbons (Fsp3) is 0.417. The maximum Gasteiger partial charge on any atom is 0.342 e. The Labute approximate surface area is 104 Å². The Kier molecular flexibility index (Phi) is 5.26. The SMILES string of the molecule is CCOC(=O)C(O)C(Cc1ccccc1)[N+](=O)[O-]. The van der Waals surface area contributed by atoms with Gasteiger partial charge in [0.1, 0.15) is 0 Å². The van der Waals surface area contributed by atoms with Crippen LogP contribution in [0, 0.1) is 10.1 Å². The second-order valence-corrected chi connectivity index (χ2v) is 3.74. The molecule has 6 nitrogen and oxygen atoms in total. The lowest BCUT2D eigenvalue weighted by molar-refractivity contribution is -0.531. The zero-order chi connectivity index (χ0) is 13.5. The lowest BCUT2D eigenvalue weighted by atomic mass is 10.0. The van der Waals surface area contributed by atoms with Gasteiger partial charge in [-0.05, 0) is 12.5 Å². The molecule has 0 aliphatic rings. The van der Waals surface area contributed by atoms with Crippen LogP contribution in [0.5, 0.6) is 0 Å². The number of nitro groups is 1. The predicted molar refractivity (Wildman–Crippen MR) is 63.6 cm³/mol. The Morgan fingerprint density at radius 1 is 1.44 bits per heavy atom. The lowest BCUT2D eigenvalue weighted by Crippen LogP contribution is -2.42. The van der Waals surface area contributed by atoms with Crippen LogP contribution in [-0.4, -0.2) is 34.8 Å². The summed E-state index contributed by atoms with van der Waals surface area (Å²) in [6.45, 7) is 1.65. The van der Waals surface area contributed by atoms with Crippen LogP contribution in [0.1, 0.15) is 12.5 Å². The minimum absolute atomic E-state index is 0.0200. The number of rotatable bonds is 6. The second kappa shape index (κ2) is 6.70. The van der Waals surface area contributed by atoms with E-state index in [1.807, 2.05) is 0 Å². The van der Waals surface area contributed by atoms with Gasteiger partial charge < -0.3 is 9.84 Å². The standard InChI is InChI=1S/C12H15NO5/c1-2-18-12(15)11(14)10(13(16)17)8-9-6-4-3-5-7-9/h3-7,10-11,14H,2,8H2,1H3. The first kappa shape index (κ1) is 14.1. The normalized spacial score (nSPS) is 13.7. The van der Waals surface area contributed by atoms with E-state index in [1.165, 1.54) is 0 Å². The van der Waals surface area contributed by atoms with E-state index in [0.29, 0.717) is 5.56 Å². The van der Waals surface area contributed by atoms with Crippen molar-refractivity contribution in [3.8, 4) is 0 Å². The lowest BCUT2D eigenvalue weighted by Gasteiger charge is -2.14. The summed E-state index contributed by atoms with van der Waals surface area (Å²) in [7, 11) is 0. The van der Waals surface area contributed by atoms with Crippen molar-refractivity contribution in [1.82, 2.24) is 0 Å². The summed E-state index contributed by atoms with van der Waals surface area (Å²) in [4.78, 5) is 21.5. The van der Waals surface area contributed by atoms with Crippen molar-refractivity contribution < 1.29 is 19.6 Å². The quantitative estimate of drug-likeness (QED) is 0.460. The summed E-state index contributed by atoms with van der Waals surface area (Å²) in [5, 5.41) is 20.5. The Balaban J connectivity index is 2.77. The van der Waals surface area contributed by atoms with E-state index in [-0.39, 0.29) is 13.0 Å².